The van der Waals surface area contributed by atoms with Gasteiger partial charge in [-0.3, -0.25) is 4.79 Å². The zero-order chi connectivity index (χ0) is 14.4. The maximum Gasteiger partial charge on any atom is 0.326 e. The number of hydrogen-bond donors (Lipinski definition) is 3. The van der Waals surface area contributed by atoms with Gasteiger partial charge in [-0.1, -0.05) is 12.1 Å². The van der Waals surface area contributed by atoms with Crippen LogP contribution in [0, 0.1) is 6.92 Å². The average molecular weight is 267 g/mol. The number of aliphatic carboxylic acids is 1. The molecule has 1 amide bonds. The van der Waals surface area contributed by atoms with Gasteiger partial charge in [0.2, 0.25) is 0 Å². The van der Waals surface area contributed by atoms with Crippen LogP contribution in [0.4, 0.5) is 0 Å². The van der Waals surface area contributed by atoms with Crippen molar-refractivity contribution in [3.05, 3.63) is 29.3 Å². The molecule has 0 aliphatic rings. The molecule has 1 aromatic rings. The predicted molar refractivity (Wildman–Crippen MR) is 68.2 cm³/mol. The first-order chi connectivity index (χ1) is 8.97. The number of carboxylic acid groups (broad SMARTS) is 1. The van der Waals surface area contributed by atoms with Gasteiger partial charge in [-0.05, 0) is 18.6 Å². The van der Waals surface area contributed by atoms with Crippen molar-refractivity contribution in [2.45, 2.75) is 19.4 Å². The quantitative estimate of drug-likeness (QED) is 0.712. The van der Waals surface area contributed by atoms with Crippen LogP contribution in [0.25, 0.3) is 0 Å². The van der Waals surface area contributed by atoms with Crippen molar-refractivity contribution in [1.29, 1.82) is 0 Å². The number of carbonyl (C=O) groups excluding carboxylic acids is 1. The number of phenols is 1. The second-order valence-electron chi connectivity index (χ2n) is 4.12. The number of phenolic OH excluding ortho intramolecular Hbond substituents is 1. The topological polar surface area (TPSA) is 95.9 Å². The van der Waals surface area contributed by atoms with Gasteiger partial charge in [-0.2, -0.15) is 0 Å². The van der Waals surface area contributed by atoms with Gasteiger partial charge in [-0.25, -0.2) is 4.79 Å². The number of benzene rings is 1. The van der Waals surface area contributed by atoms with Crippen LogP contribution < -0.4 is 5.32 Å². The number of carbonyl (C=O) groups is 2. The molecule has 0 radical (unpaired) electrons. The third-order valence-corrected chi connectivity index (χ3v) is 2.70. The molecule has 0 aliphatic heterocycles. The lowest BCUT2D eigenvalue weighted by atomic mass is 10.1. The Morgan fingerprint density at radius 1 is 1.42 bits per heavy atom. The van der Waals surface area contributed by atoms with Crippen molar-refractivity contribution in [2.75, 3.05) is 13.7 Å². The van der Waals surface area contributed by atoms with E-state index in [9.17, 15) is 14.7 Å². The van der Waals surface area contributed by atoms with Crippen LogP contribution in [0.15, 0.2) is 18.2 Å². The van der Waals surface area contributed by atoms with Gasteiger partial charge in [0.15, 0.2) is 0 Å². The highest BCUT2D eigenvalue weighted by molar-refractivity contribution is 5.99. The minimum Gasteiger partial charge on any atom is -0.507 e. The Labute approximate surface area is 111 Å². The summed E-state index contributed by atoms with van der Waals surface area (Å²) < 4.78 is 4.79. The third kappa shape index (κ3) is 3.96. The molecular formula is C13H17NO5. The Morgan fingerprint density at radius 2 is 2.11 bits per heavy atom. The first-order valence-electron chi connectivity index (χ1n) is 5.78. The molecule has 0 saturated carbocycles. The molecule has 104 valence electrons. The van der Waals surface area contributed by atoms with Crippen LogP contribution in [-0.4, -0.2) is 41.8 Å². The molecule has 0 aromatic heterocycles. The zero-order valence-corrected chi connectivity index (χ0v) is 10.8. The molecule has 0 aliphatic carbocycles. The Balaban J connectivity index is 2.82. The van der Waals surface area contributed by atoms with E-state index in [1.165, 1.54) is 13.2 Å². The second-order valence-corrected chi connectivity index (χ2v) is 4.12. The lowest BCUT2D eigenvalue weighted by Crippen LogP contribution is -2.41. The fourth-order valence-corrected chi connectivity index (χ4v) is 1.57. The van der Waals surface area contributed by atoms with E-state index in [1.807, 2.05) is 0 Å². The van der Waals surface area contributed by atoms with E-state index >= 15 is 0 Å². The number of ether oxygens (including phenoxy) is 1. The van der Waals surface area contributed by atoms with E-state index in [-0.39, 0.29) is 24.3 Å². The largest absolute Gasteiger partial charge is 0.507 e. The van der Waals surface area contributed by atoms with Gasteiger partial charge in [0.1, 0.15) is 11.8 Å². The molecule has 1 atom stereocenters. The Bertz CT molecular complexity index is 472. The number of carboxylic acids is 1. The van der Waals surface area contributed by atoms with Gasteiger partial charge >= 0.3 is 5.97 Å². The van der Waals surface area contributed by atoms with Crippen LogP contribution in [0.2, 0.25) is 0 Å². The summed E-state index contributed by atoms with van der Waals surface area (Å²) in [6, 6.07) is 3.67. The van der Waals surface area contributed by atoms with Crippen LogP contribution in [0.3, 0.4) is 0 Å². The van der Waals surface area contributed by atoms with E-state index in [1.54, 1.807) is 19.1 Å². The van der Waals surface area contributed by atoms with Crippen molar-refractivity contribution in [1.82, 2.24) is 5.32 Å². The molecular weight excluding hydrogens is 250 g/mol. The molecule has 0 saturated heterocycles. The summed E-state index contributed by atoms with van der Waals surface area (Å²) in [5.74, 6) is -1.90. The van der Waals surface area contributed by atoms with Gasteiger partial charge in [0.05, 0.1) is 5.56 Å². The highest BCUT2D eigenvalue weighted by Gasteiger charge is 2.22. The van der Waals surface area contributed by atoms with E-state index < -0.39 is 17.9 Å². The molecule has 19 heavy (non-hydrogen) atoms. The number of aromatic hydroxyl groups is 1. The summed E-state index contributed by atoms with van der Waals surface area (Å²) in [5, 5.41) is 21.1. The number of methoxy groups -OCH3 is 1. The van der Waals surface area contributed by atoms with Crippen LogP contribution in [0.5, 0.6) is 5.75 Å². The summed E-state index contributed by atoms with van der Waals surface area (Å²) in [4.78, 5) is 22.9. The first-order valence-corrected chi connectivity index (χ1v) is 5.78. The molecule has 3 N–H and O–H groups in total. The number of para-hydroxylation sites is 1. The molecule has 0 bridgehead atoms. The molecule has 0 heterocycles. The number of amides is 1. The monoisotopic (exact) mass is 267 g/mol. The number of rotatable bonds is 6. The van der Waals surface area contributed by atoms with Crippen molar-refractivity contribution >= 4 is 11.9 Å². The second kappa shape index (κ2) is 6.75. The fraction of sp³-hybridized carbons (Fsp3) is 0.385. The van der Waals surface area contributed by atoms with Crippen LogP contribution in [0.1, 0.15) is 22.3 Å². The highest BCUT2D eigenvalue weighted by atomic mass is 16.5. The number of hydrogen-bond acceptors (Lipinski definition) is 4. The summed E-state index contributed by atoms with van der Waals surface area (Å²) in [6.07, 6.45) is 0.157. The maximum absolute atomic E-state index is 11.9. The van der Waals surface area contributed by atoms with Crippen molar-refractivity contribution in [2.24, 2.45) is 0 Å². The molecule has 0 fully saturated rings. The lowest BCUT2D eigenvalue weighted by molar-refractivity contribution is -0.139. The molecule has 1 rings (SSSR count). The normalized spacial score (nSPS) is 11.9. The molecule has 6 nitrogen and oxygen atoms in total. The highest BCUT2D eigenvalue weighted by Crippen LogP contribution is 2.21. The van der Waals surface area contributed by atoms with E-state index in [0.717, 1.165) is 0 Å². The van der Waals surface area contributed by atoms with Crippen molar-refractivity contribution < 1.29 is 24.5 Å². The minimum absolute atomic E-state index is 0.0590. The van der Waals surface area contributed by atoms with E-state index in [4.69, 9.17) is 9.84 Å². The Kier molecular flexibility index (Phi) is 5.32. The minimum atomic E-state index is -1.14. The Morgan fingerprint density at radius 3 is 2.68 bits per heavy atom. The molecule has 1 aromatic carbocycles. The standard InChI is InChI=1S/C13H17NO5/c1-8-4-3-5-9(11(8)15)12(16)14-10(13(17)18)6-7-19-2/h3-5,10,15H,6-7H2,1-2H3,(H,14,16)(H,17,18). The van der Waals surface area contributed by atoms with Gasteiger partial charge in [-0.15, -0.1) is 0 Å². The lowest BCUT2D eigenvalue weighted by Gasteiger charge is -2.15. The molecule has 6 heteroatoms. The first kappa shape index (κ1) is 15.0. The summed E-state index contributed by atoms with van der Waals surface area (Å²) in [6.45, 7) is 1.88. The van der Waals surface area contributed by atoms with Crippen molar-refractivity contribution in [3.8, 4) is 5.75 Å². The van der Waals surface area contributed by atoms with Gasteiger partial charge < -0.3 is 20.3 Å². The third-order valence-electron chi connectivity index (χ3n) is 2.70. The van der Waals surface area contributed by atoms with Gasteiger partial charge in [0, 0.05) is 20.1 Å². The maximum atomic E-state index is 11.9. The van der Waals surface area contributed by atoms with Crippen molar-refractivity contribution in [3.63, 3.8) is 0 Å². The summed E-state index contributed by atoms with van der Waals surface area (Å²) in [5.41, 5.74) is 0.611. The SMILES string of the molecule is COCCC(NC(=O)c1cccc(C)c1O)C(=O)O. The average Bonchev–Trinajstić information content (AvgIpc) is 2.37. The number of nitrogens with one attached hydrogen (secondary N) is 1. The number of aryl methyl sites for hydroxylation is 1. The van der Waals surface area contributed by atoms with Crippen LogP contribution >= 0.6 is 0 Å². The van der Waals surface area contributed by atoms with Crippen LogP contribution in [-0.2, 0) is 9.53 Å². The fourth-order valence-electron chi connectivity index (χ4n) is 1.57. The smallest absolute Gasteiger partial charge is 0.326 e. The zero-order valence-electron chi connectivity index (χ0n) is 10.8. The summed E-state index contributed by atoms with van der Waals surface area (Å²) >= 11 is 0. The Hall–Kier alpha value is -2.08. The van der Waals surface area contributed by atoms with Gasteiger partial charge in [0.25, 0.3) is 5.91 Å². The molecule has 1 unspecified atom stereocenters. The van der Waals surface area contributed by atoms with E-state index in [2.05, 4.69) is 5.32 Å². The predicted octanol–water partition coefficient (Wildman–Crippen LogP) is 0.920. The molecule has 0 spiro atoms. The van der Waals surface area contributed by atoms with E-state index in [0.29, 0.717) is 5.56 Å². The summed E-state index contributed by atoms with van der Waals surface area (Å²) in [7, 11) is 1.45.